The van der Waals surface area contributed by atoms with E-state index in [4.69, 9.17) is 10.5 Å². The molecule has 0 aliphatic heterocycles. The topological polar surface area (TPSA) is 59.4 Å². The Morgan fingerprint density at radius 3 is 2.53 bits per heavy atom. The Balaban J connectivity index is 2.43. The number of phenolic OH excluding ortho intramolecular Hbond substituents is 1. The maximum absolute atomic E-state index is 12.8. The molecule has 0 bridgehead atoms. The van der Waals surface area contributed by atoms with Crippen LogP contribution in [0.3, 0.4) is 0 Å². The lowest BCUT2D eigenvalue weighted by Gasteiger charge is -2.11. The minimum atomic E-state index is -0.922. The molecule has 15 heavy (non-hydrogen) atoms. The molecule has 0 heterocycles. The fourth-order valence-corrected chi connectivity index (χ4v) is 1.05. The van der Waals surface area contributed by atoms with Crippen molar-refractivity contribution in [3.05, 3.63) is 29.8 Å². The van der Waals surface area contributed by atoms with Crippen LogP contribution in [0.4, 0.5) is 8.96 Å². The van der Waals surface area contributed by atoms with Crippen LogP contribution in [-0.2, 0) is 6.42 Å². The minimum absolute atomic E-state index is 0.0349. The molecule has 4 nitrogen and oxygen atoms in total. The number of halogens is 2. The highest BCUT2D eigenvalue weighted by Gasteiger charge is 2.07. The van der Waals surface area contributed by atoms with Gasteiger partial charge in [-0.15, -0.1) is 4.48 Å². The number of benzene rings is 1. The van der Waals surface area contributed by atoms with E-state index in [0.717, 1.165) is 11.1 Å². The van der Waals surface area contributed by atoms with E-state index in [1.54, 1.807) is 12.1 Å². The summed E-state index contributed by atoms with van der Waals surface area (Å²) in [4.78, 5) is 0. The average Bonchev–Trinajstić information content (AvgIpc) is 2.26. The summed E-state index contributed by atoms with van der Waals surface area (Å²) >= 11 is 0. The van der Waals surface area contributed by atoms with Crippen LogP contribution in [0.1, 0.15) is 5.56 Å². The van der Waals surface area contributed by atoms with E-state index in [-0.39, 0.29) is 17.4 Å². The molecule has 0 aliphatic rings. The number of nitrogens with one attached hydrogen (secondary N) is 2. The molecule has 0 saturated carbocycles. The summed E-state index contributed by atoms with van der Waals surface area (Å²) in [5.41, 5.74) is 1.70. The van der Waals surface area contributed by atoms with Gasteiger partial charge in [-0.3, -0.25) is 5.41 Å². The fraction of sp³-hybridized carbons (Fsp3) is 0.222. The summed E-state index contributed by atoms with van der Waals surface area (Å²) in [7, 11) is 0. The standard InChI is InChI=1S/C9H11F2N3O/c10-13-9(12)14(11)6-5-7-1-3-8(15)4-2-7/h1-4,15H,5-6H2,(H2,12,13). The molecule has 0 atom stereocenters. The third kappa shape index (κ3) is 3.41. The smallest absolute Gasteiger partial charge is 0.248 e. The van der Waals surface area contributed by atoms with E-state index in [1.165, 1.54) is 12.1 Å². The van der Waals surface area contributed by atoms with Gasteiger partial charge in [0.15, 0.2) is 0 Å². The first-order valence-electron chi connectivity index (χ1n) is 4.30. The van der Waals surface area contributed by atoms with Crippen LogP contribution in [0.2, 0.25) is 0 Å². The highest BCUT2D eigenvalue weighted by atomic mass is 19.2. The van der Waals surface area contributed by atoms with Crippen molar-refractivity contribution in [2.24, 2.45) is 0 Å². The van der Waals surface area contributed by atoms with Gasteiger partial charge in [-0.2, -0.15) is 10.7 Å². The lowest BCUT2D eigenvalue weighted by atomic mass is 10.1. The zero-order valence-electron chi connectivity index (χ0n) is 7.87. The highest BCUT2D eigenvalue weighted by Crippen LogP contribution is 2.10. The summed E-state index contributed by atoms with van der Waals surface area (Å²) in [5.74, 6) is -0.789. The van der Waals surface area contributed by atoms with E-state index in [9.17, 15) is 8.96 Å². The number of hydrogen-bond donors (Lipinski definition) is 3. The van der Waals surface area contributed by atoms with E-state index in [1.807, 2.05) is 0 Å². The van der Waals surface area contributed by atoms with Crippen molar-refractivity contribution in [1.29, 1.82) is 5.41 Å². The van der Waals surface area contributed by atoms with Gasteiger partial charge in [-0.1, -0.05) is 16.6 Å². The third-order valence-corrected chi connectivity index (χ3v) is 1.87. The second kappa shape index (κ2) is 5.14. The number of rotatable bonds is 3. The Bertz CT molecular complexity index is 329. The lowest BCUT2D eigenvalue weighted by Crippen LogP contribution is -2.31. The number of nitrogens with zero attached hydrogens (tertiary/aromatic N) is 1. The van der Waals surface area contributed by atoms with Crippen molar-refractivity contribution in [2.75, 3.05) is 6.54 Å². The number of aromatic hydroxyl groups is 1. The van der Waals surface area contributed by atoms with Gasteiger partial charge in [0, 0.05) is 0 Å². The van der Waals surface area contributed by atoms with E-state index < -0.39 is 5.96 Å². The Morgan fingerprint density at radius 2 is 2.00 bits per heavy atom. The van der Waals surface area contributed by atoms with Gasteiger partial charge in [0.1, 0.15) is 5.75 Å². The normalized spacial score (nSPS) is 9.73. The van der Waals surface area contributed by atoms with Crippen LogP contribution in [0.15, 0.2) is 24.3 Å². The van der Waals surface area contributed by atoms with Crippen molar-refractivity contribution in [2.45, 2.75) is 6.42 Å². The maximum Gasteiger partial charge on any atom is 0.248 e. The molecular formula is C9H11F2N3O. The van der Waals surface area contributed by atoms with Crippen LogP contribution >= 0.6 is 0 Å². The Labute approximate surface area is 85.5 Å². The molecule has 0 fully saturated rings. The number of phenols is 1. The second-order valence-corrected chi connectivity index (χ2v) is 2.95. The first-order valence-corrected chi connectivity index (χ1v) is 4.30. The van der Waals surface area contributed by atoms with E-state index in [2.05, 4.69) is 0 Å². The van der Waals surface area contributed by atoms with Gasteiger partial charge < -0.3 is 5.11 Å². The monoisotopic (exact) mass is 215 g/mol. The SMILES string of the molecule is N=C(NF)N(F)CCc1ccc(O)cc1. The molecule has 0 aromatic heterocycles. The summed E-state index contributed by atoms with van der Waals surface area (Å²) in [6, 6.07) is 6.23. The Kier molecular flexibility index (Phi) is 3.84. The largest absolute Gasteiger partial charge is 0.508 e. The van der Waals surface area contributed by atoms with Gasteiger partial charge in [0.25, 0.3) is 0 Å². The lowest BCUT2D eigenvalue weighted by molar-refractivity contribution is 0.106. The molecule has 3 N–H and O–H groups in total. The summed E-state index contributed by atoms with van der Waals surface area (Å²) in [6.07, 6.45) is 0.320. The second-order valence-electron chi connectivity index (χ2n) is 2.95. The number of hydrogen-bond acceptors (Lipinski definition) is 2. The Morgan fingerprint density at radius 1 is 1.40 bits per heavy atom. The maximum atomic E-state index is 12.8. The van der Waals surface area contributed by atoms with E-state index >= 15 is 0 Å². The molecule has 0 saturated heterocycles. The zero-order chi connectivity index (χ0) is 11.3. The first-order chi connectivity index (χ1) is 7.13. The van der Waals surface area contributed by atoms with E-state index in [0.29, 0.717) is 6.42 Å². The molecule has 0 aliphatic carbocycles. The predicted octanol–water partition coefficient (Wildman–Crippen LogP) is 1.53. The van der Waals surface area contributed by atoms with Crippen molar-refractivity contribution in [3.8, 4) is 5.75 Å². The molecular weight excluding hydrogens is 204 g/mol. The summed E-state index contributed by atoms with van der Waals surface area (Å²) in [6.45, 7) is -0.124. The minimum Gasteiger partial charge on any atom is -0.508 e. The highest BCUT2D eigenvalue weighted by molar-refractivity contribution is 5.74. The molecule has 0 spiro atoms. The molecule has 6 heteroatoms. The molecule has 1 aromatic rings. The van der Waals surface area contributed by atoms with Gasteiger partial charge in [-0.25, -0.2) is 0 Å². The van der Waals surface area contributed by atoms with Gasteiger partial charge in [0.2, 0.25) is 5.96 Å². The summed E-state index contributed by atoms with van der Waals surface area (Å²) < 4.78 is 24.4. The van der Waals surface area contributed by atoms with Crippen LogP contribution in [0.5, 0.6) is 5.75 Å². The van der Waals surface area contributed by atoms with Crippen molar-refractivity contribution >= 4 is 5.96 Å². The van der Waals surface area contributed by atoms with Crippen molar-refractivity contribution < 1.29 is 14.1 Å². The molecule has 0 amide bonds. The van der Waals surface area contributed by atoms with Crippen molar-refractivity contribution in [1.82, 2.24) is 10.7 Å². The van der Waals surface area contributed by atoms with Crippen molar-refractivity contribution in [3.63, 3.8) is 0 Å². The third-order valence-electron chi connectivity index (χ3n) is 1.87. The zero-order valence-corrected chi connectivity index (χ0v) is 7.87. The van der Waals surface area contributed by atoms with Crippen LogP contribution in [0.25, 0.3) is 0 Å². The molecule has 1 aromatic carbocycles. The quantitative estimate of drug-likeness (QED) is 0.407. The first kappa shape index (κ1) is 11.2. The van der Waals surface area contributed by atoms with Gasteiger partial charge in [0.05, 0.1) is 6.54 Å². The van der Waals surface area contributed by atoms with Crippen LogP contribution in [-0.4, -0.2) is 22.7 Å². The van der Waals surface area contributed by atoms with Gasteiger partial charge >= 0.3 is 0 Å². The average molecular weight is 215 g/mol. The molecule has 0 radical (unpaired) electrons. The summed E-state index contributed by atoms with van der Waals surface area (Å²) in [5, 5.41) is 15.7. The Hall–Kier alpha value is -1.85. The molecule has 0 unspecified atom stereocenters. The fourth-order valence-electron chi connectivity index (χ4n) is 1.05. The predicted molar refractivity (Wildman–Crippen MR) is 51.6 cm³/mol. The van der Waals surface area contributed by atoms with Gasteiger partial charge in [-0.05, 0) is 24.1 Å². The number of guanidine groups is 1. The van der Waals surface area contributed by atoms with Crippen LogP contribution < -0.4 is 5.54 Å². The molecule has 82 valence electrons. The van der Waals surface area contributed by atoms with Crippen LogP contribution in [0, 0.1) is 5.41 Å². The molecule has 1 rings (SSSR count).